The summed E-state index contributed by atoms with van der Waals surface area (Å²) in [6.45, 7) is 2.06. The van der Waals surface area contributed by atoms with Gasteiger partial charge in [-0.2, -0.15) is 0 Å². The molecule has 1 heterocycles. The van der Waals surface area contributed by atoms with E-state index in [4.69, 9.17) is 4.74 Å². The van der Waals surface area contributed by atoms with Crippen LogP contribution in [0.5, 0.6) is 5.75 Å². The molecule has 0 bridgehead atoms. The van der Waals surface area contributed by atoms with E-state index in [1.807, 2.05) is 36.7 Å². The first-order chi connectivity index (χ1) is 13.3. The van der Waals surface area contributed by atoms with E-state index < -0.39 is 0 Å². The molecule has 2 N–H and O–H groups in total. The van der Waals surface area contributed by atoms with Crippen molar-refractivity contribution in [3.05, 3.63) is 83.9 Å². The molecular formula is C21H26IN5O. The zero-order valence-electron chi connectivity index (χ0n) is 16.1. The molecule has 28 heavy (non-hydrogen) atoms. The van der Waals surface area contributed by atoms with Crippen molar-refractivity contribution in [2.24, 2.45) is 4.99 Å². The maximum absolute atomic E-state index is 5.26. The van der Waals surface area contributed by atoms with E-state index in [1.54, 1.807) is 14.2 Å². The Morgan fingerprint density at radius 2 is 1.79 bits per heavy atom. The van der Waals surface area contributed by atoms with E-state index in [1.165, 1.54) is 5.56 Å². The van der Waals surface area contributed by atoms with Crippen molar-refractivity contribution < 1.29 is 4.74 Å². The predicted molar refractivity (Wildman–Crippen MR) is 123 cm³/mol. The number of rotatable bonds is 7. The number of hydrogen-bond acceptors (Lipinski definition) is 3. The number of aliphatic imine (C=N–C) groups is 1. The summed E-state index contributed by atoms with van der Waals surface area (Å²) in [6.07, 6.45) is 3.82. The molecule has 2 aromatic carbocycles. The highest BCUT2D eigenvalue weighted by atomic mass is 127. The summed E-state index contributed by atoms with van der Waals surface area (Å²) in [5, 5.41) is 6.64. The van der Waals surface area contributed by atoms with Gasteiger partial charge in [0.1, 0.15) is 11.6 Å². The topological polar surface area (TPSA) is 63.5 Å². The first kappa shape index (κ1) is 21.7. The molecule has 1 aromatic heterocycles. The molecule has 3 aromatic rings. The van der Waals surface area contributed by atoms with Crippen LogP contribution in [0, 0.1) is 0 Å². The van der Waals surface area contributed by atoms with E-state index in [2.05, 4.69) is 55.5 Å². The fraction of sp³-hybridized carbons (Fsp3) is 0.238. The molecule has 0 aliphatic heterocycles. The van der Waals surface area contributed by atoms with Gasteiger partial charge in [0.15, 0.2) is 5.96 Å². The second kappa shape index (κ2) is 11.3. The van der Waals surface area contributed by atoms with Crippen molar-refractivity contribution in [3.8, 4) is 5.75 Å². The zero-order chi connectivity index (χ0) is 18.9. The monoisotopic (exact) mass is 491 g/mol. The largest absolute Gasteiger partial charge is 0.497 e. The van der Waals surface area contributed by atoms with Gasteiger partial charge in [-0.3, -0.25) is 4.99 Å². The van der Waals surface area contributed by atoms with Crippen LogP contribution in [0.1, 0.15) is 17.0 Å². The van der Waals surface area contributed by atoms with Gasteiger partial charge in [-0.1, -0.05) is 42.5 Å². The Hall–Kier alpha value is -2.55. The van der Waals surface area contributed by atoms with Gasteiger partial charge in [0.05, 0.1) is 13.7 Å². The lowest BCUT2D eigenvalue weighted by Crippen LogP contribution is -2.37. The Labute approximate surface area is 183 Å². The van der Waals surface area contributed by atoms with Crippen molar-refractivity contribution in [1.29, 1.82) is 0 Å². The summed E-state index contributed by atoms with van der Waals surface area (Å²) in [7, 11) is 3.43. The number of ether oxygens (including phenoxy) is 1. The fourth-order valence-corrected chi connectivity index (χ4v) is 2.78. The van der Waals surface area contributed by atoms with Crippen molar-refractivity contribution in [3.63, 3.8) is 0 Å². The quantitative estimate of drug-likeness (QED) is 0.302. The van der Waals surface area contributed by atoms with Crippen molar-refractivity contribution in [2.75, 3.05) is 14.2 Å². The minimum atomic E-state index is 0. The maximum atomic E-state index is 5.26. The number of halogens is 1. The second-order valence-corrected chi connectivity index (χ2v) is 6.09. The van der Waals surface area contributed by atoms with Crippen LogP contribution in [0.25, 0.3) is 0 Å². The van der Waals surface area contributed by atoms with E-state index in [0.717, 1.165) is 29.6 Å². The van der Waals surface area contributed by atoms with E-state index in [9.17, 15) is 0 Å². The molecule has 0 radical (unpaired) electrons. The Morgan fingerprint density at radius 3 is 2.54 bits per heavy atom. The van der Waals surface area contributed by atoms with Crippen LogP contribution >= 0.6 is 24.0 Å². The second-order valence-electron chi connectivity index (χ2n) is 6.09. The van der Waals surface area contributed by atoms with Gasteiger partial charge in [0, 0.05) is 32.5 Å². The number of methoxy groups -OCH3 is 1. The van der Waals surface area contributed by atoms with Crippen LogP contribution in [0.3, 0.4) is 0 Å². The summed E-state index contributed by atoms with van der Waals surface area (Å²) in [4.78, 5) is 8.75. The third kappa shape index (κ3) is 6.26. The molecule has 0 amide bonds. The van der Waals surface area contributed by atoms with Gasteiger partial charge in [0.2, 0.25) is 0 Å². The molecule has 0 saturated carbocycles. The Bertz CT molecular complexity index is 879. The molecule has 0 saturated heterocycles. The lowest BCUT2D eigenvalue weighted by Gasteiger charge is -2.13. The number of nitrogens with zero attached hydrogens (tertiary/aromatic N) is 3. The summed E-state index contributed by atoms with van der Waals surface area (Å²) in [6, 6.07) is 18.3. The average Bonchev–Trinajstić information content (AvgIpc) is 3.16. The van der Waals surface area contributed by atoms with Crippen LogP contribution < -0.4 is 15.4 Å². The van der Waals surface area contributed by atoms with Crippen molar-refractivity contribution in [1.82, 2.24) is 20.2 Å². The van der Waals surface area contributed by atoms with Crippen LogP contribution in [0.15, 0.2) is 72.0 Å². The number of imidazole rings is 1. The number of nitrogens with one attached hydrogen (secondary N) is 2. The highest BCUT2D eigenvalue weighted by Gasteiger charge is 2.05. The van der Waals surface area contributed by atoms with E-state index in [0.29, 0.717) is 13.1 Å². The molecule has 0 spiro atoms. The SMILES string of the molecule is CN=C(NCc1cccc(OC)c1)NCc1nccn1Cc1ccccc1.I. The molecule has 0 aliphatic rings. The summed E-state index contributed by atoms with van der Waals surface area (Å²) >= 11 is 0. The third-order valence-corrected chi connectivity index (χ3v) is 4.23. The standard InChI is InChI=1S/C21H25N5O.HI/c1-22-21(24-14-18-9-6-10-19(13-18)27-2)25-15-20-23-11-12-26(20)16-17-7-4-3-5-8-17;/h3-13H,14-16H2,1-2H3,(H2,22,24,25);1H. The zero-order valence-corrected chi connectivity index (χ0v) is 18.5. The molecule has 148 valence electrons. The van der Waals surface area contributed by atoms with Crippen LogP contribution in [-0.4, -0.2) is 29.7 Å². The first-order valence-corrected chi connectivity index (χ1v) is 8.90. The highest BCUT2D eigenvalue weighted by molar-refractivity contribution is 14.0. The summed E-state index contributed by atoms with van der Waals surface area (Å²) in [5.74, 6) is 2.54. The molecule has 7 heteroatoms. The van der Waals surface area contributed by atoms with Crippen molar-refractivity contribution in [2.45, 2.75) is 19.6 Å². The molecule has 3 rings (SSSR count). The molecule has 0 fully saturated rings. The summed E-state index contributed by atoms with van der Waals surface area (Å²) < 4.78 is 7.40. The summed E-state index contributed by atoms with van der Waals surface area (Å²) in [5.41, 5.74) is 2.38. The lowest BCUT2D eigenvalue weighted by atomic mass is 10.2. The smallest absolute Gasteiger partial charge is 0.191 e. The Morgan fingerprint density at radius 1 is 1.04 bits per heavy atom. The maximum Gasteiger partial charge on any atom is 0.191 e. The molecule has 6 nitrogen and oxygen atoms in total. The predicted octanol–water partition coefficient (Wildman–Crippen LogP) is 3.42. The van der Waals surface area contributed by atoms with Gasteiger partial charge < -0.3 is 19.9 Å². The molecular weight excluding hydrogens is 465 g/mol. The van der Waals surface area contributed by atoms with Crippen molar-refractivity contribution >= 4 is 29.9 Å². The number of benzene rings is 2. The van der Waals surface area contributed by atoms with Gasteiger partial charge in [-0.05, 0) is 23.3 Å². The van der Waals surface area contributed by atoms with Gasteiger partial charge in [-0.25, -0.2) is 4.98 Å². The Balaban J connectivity index is 0.00000280. The van der Waals surface area contributed by atoms with E-state index >= 15 is 0 Å². The Kier molecular flexibility index (Phi) is 8.80. The normalized spacial score (nSPS) is 10.9. The average molecular weight is 491 g/mol. The molecule has 0 atom stereocenters. The van der Waals surface area contributed by atoms with Crippen LogP contribution in [0.2, 0.25) is 0 Å². The van der Waals surface area contributed by atoms with Crippen LogP contribution in [-0.2, 0) is 19.6 Å². The van der Waals surface area contributed by atoms with Gasteiger partial charge >= 0.3 is 0 Å². The minimum absolute atomic E-state index is 0. The van der Waals surface area contributed by atoms with E-state index in [-0.39, 0.29) is 24.0 Å². The minimum Gasteiger partial charge on any atom is -0.497 e. The fourth-order valence-electron chi connectivity index (χ4n) is 2.78. The number of aromatic nitrogens is 2. The van der Waals surface area contributed by atoms with Crippen LogP contribution in [0.4, 0.5) is 0 Å². The number of hydrogen-bond donors (Lipinski definition) is 2. The molecule has 0 unspecified atom stereocenters. The number of guanidine groups is 1. The highest BCUT2D eigenvalue weighted by Crippen LogP contribution is 2.12. The lowest BCUT2D eigenvalue weighted by molar-refractivity contribution is 0.414. The van der Waals surface area contributed by atoms with Gasteiger partial charge in [0.25, 0.3) is 0 Å². The first-order valence-electron chi connectivity index (χ1n) is 8.90. The molecule has 0 aliphatic carbocycles. The third-order valence-electron chi connectivity index (χ3n) is 4.23. The van der Waals surface area contributed by atoms with Gasteiger partial charge in [-0.15, -0.1) is 24.0 Å².